The normalized spacial score (nSPS) is 10.4. The highest BCUT2D eigenvalue weighted by Gasteiger charge is 1.93. The van der Waals surface area contributed by atoms with E-state index in [0.29, 0.717) is 0 Å². The molecule has 0 aliphatic carbocycles. The van der Waals surface area contributed by atoms with Crippen molar-refractivity contribution in [2.24, 2.45) is 0 Å². The van der Waals surface area contributed by atoms with Gasteiger partial charge >= 0.3 is 0 Å². The number of unbranched alkanes of at least 4 members (excludes halogenated alkanes) is 3. The van der Waals surface area contributed by atoms with Crippen molar-refractivity contribution in [1.29, 1.82) is 0 Å². The van der Waals surface area contributed by atoms with Crippen molar-refractivity contribution in [1.82, 2.24) is 5.32 Å². The molecule has 0 radical (unpaired) electrons. The van der Waals surface area contributed by atoms with Gasteiger partial charge in [0.1, 0.15) is 0 Å². The van der Waals surface area contributed by atoms with Gasteiger partial charge in [-0.3, -0.25) is 0 Å². The lowest BCUT2D eigenvalue weighted by molar-refractivity contribution is 0.606. The van der Waals surface area contributed by atoms with Crippen molar-refractivity contribution in [3.8, 4) is 0 Å². The Morgan fingerprint density at radius 3 is 2.53 bits per heavy atom. The minimum Gasteiger partial charge on any atom is -0.316 e. The van der Waals surface area contributed by atoms with Crippen molar-refractivity contribution in [2.75, 3.05) is 13.1 Å². The van der Waals surface area contributed by atoms with Gasteiger partial charge in [0.15, 0.2) is 0 Å². The summed E-state index contributed by atoms with van der Waals surface area (Å²) in [5.74, 6) is 0. The summed E-state index contributed by atoms with van der Waals surface area (Å²) >= 11 is 5.83. The number of allylic oxidation sites excluding steroid dienone is 1. The summed E-state index contributed by atoms with van der Waals surface area (Å²) in [7, 11) is 0. The van der Waals surface area contributed by atoms with Crippen molar-refractivity contribution < 1.29 is 0 Å². The quantitative estimate of drug-likeness (QED) is 0.512. The van der Waals surface area contributed by atoms with Crippen LogP contribution < -0.4 is 5.32 Å². The van der Waals surface area contributed by atoms with E-state index < -0.39 is 0 Å². The van der Waals surface area contributed by atoms with Gasteiger partial charge < -0.3 is 5.32 Å². The molecule has 0 unspecified atom stereocenters. The molecule has 94 valence electrons. The first-order valence-electron chi connectivity index (χ1n) is 6.39. The van der Waals surface area contributed by atoms with Crippen LogP contribution in [0, 0.1) is 0 Å². The lowest BCUT2D eigenvalue weighted by Gasteiger charge is -2.04. The highest BCUT2D eigenvalue weighted by Crippen LogP contribution is 2.09. The fourth-order valence-corrected chi connectivity index (χ4v) is 1.85. The van der Waals surface area contributed by atoms with Crippen molar-refractivity contribution in [2.45, 2.75) is 32.1 Å². The predicted molar refractivity (Wildman–Crippen MR) is 76.7 cm³/mol. The predicted octanol–water partition coefficient (Wildman–Crippen LogP) is 4.22. The molecule has 1 rings (SSSR count). The zero-order valence-electron chi connectivity index (χ0n) is 10.4. The molecule has 0 saturated heterocycles. The Hall–Kier alpha value is -0.790. The number of benzene rings is 1. The molecule has 0 aromatic heterocycles. The SMILES string of the molecule is C=CCCCCCNCCc1ccc(Cl)cc1. The highest BCUT2D eigenvalue weighted by molar-refractivity contribution is 6.30. The Morgan fingerprint density at radius 2 is 1.82 bits per heavy atom. The second-order valence-corrected chi connectivity index (χ2v) is 4.70. The molecule has 0 bridgehead atoms. The van der Waals surface area contributed by atoms with Gasteiger partial charge in [-0.05, 0) is 56.5 Å². The van der Waals surface area contributed by atoms with Crippen LogP contribution in [-0.2, 0) is 6.42 Å². The molecule has 0 fully saturated rings. The molecular formula is C15H22ClN. The Kier molecular flexibility index (Phi) is 7.78. The van der Waals surface area contributed by atoms with Gasteiger partial charge in [0.2, 0.25) is 0 Å². The third kappa shape index (κ3) is 7.19. The van der Waals surface area contributed by atoms with Crippen LogP contribution in [0.2, 0.25) is 5.02 Å². The van der Waals surface area contributed by atoms with Crippen LogP contribution in [-0.4, -0.2) is 13.1 Å². The lowest BCUT2D eigenvalue weighted by Crippen LogP contribution is -2.18. The van der Waals surface area contributed by atoms with Crippen LogP contribution in [0.3, 0.4) is 0 Å². The Bertz CT molecular complexity index is 305. The van der Waals surface area contributed by atoms with E-state index in [1.54, 1.807) is 0 Å². The van der Waals surface area contributed by atoms with Gasteiger partial charge in [0.25, 0.3) is 0 Å². The monoisotopic (exact) mass is 251 g/mol. The van der Waals surface area contributed by atoms with E-state index in [1.165, 1.54) is 24.8 Å². The smallest absolute Gasteiger partial charge is 0.0406 e. The molecule has 0 aliphatic rings. The van der Waals surface area contributed by atoms with Crippen LogP contribution in [0.4, 0.5) is 0 Å². The molecule has 0 atom stereocenters. The van der Waals surface area contributed by atoms with Gasteiger partial charge in [0, 0.05) is 5.02 Å². The fraction of sp³-hybridized carbons (Fsp3) is 0.467. The Labute approximate surface area is 110 Å². The van der Waals surface area contributed by atoms with Crippen LogP contribution >= 0.6 is 11.6 Å². The minimum atomic E-state index is 0.809. The van der Waals surface area contributed by atoms with E-state index >= 15 is 0 Å². The first-order chi connectivity index (χ1) is 8.33. The fourth-order valence-electron chi connectivity index (χ4n) is 1.72. The number of nitrogens with one attached hydrogen (secondary N) is 1. The average molecular weight is 252 g/mol. The summed E-state index contributed by atoms with van der Waals surface area (Å²) in [5.41, 5.74) is 1.34. The zero-order valence-corrected chi connectivity index (χ0v) is 11.2. The maximum atomic E-state index is 5.83. The minimum absolute atomic E-state index is 0.809. The van der Waals surface area contributed by atoms with Crippen molar-refractivity contribution in [3.63, 3.8) is 0 Å². The van der Waals surface area contributed by atoms with E-state index in [1.807, 2.05) is 18.2 Å². The summed E-state index contributed by atoms with van der Waals surface area (Å²) in [6, 6.07) is 8.08. The van der Waals surface area contributed by atoms with E-state index in [9.17, 15) is 0 Å². The summed E-state index contributed by atoms with van der Waals surface area (Å²) in [4.78, 5) is 0. The molecule has 17 heavy (non-hydrogen) atoms. The molecule has 2 heteroatoms. The van der Waals surface area contributed by atoms with Gasteiger partial charge in [-0.25, -0.2) is 0 Å². The van der Waals surface area contributed by atoms with Crippen molar-refractivity contribution in [3.05, 3.63) is 47.5 Å². The summed E-state index contributed by atoms with van der Waals surface area (Å²) in [6.45, 7) is 5.88. The molecular weight excluding hydrogens is 230 g/mol. The van der Waals surface area contributed by atoms with Crippen LogP contribution in [0.25, 0.3) is 0 Å². The van der Waals surface area contributed by atoms with Crippen LogP contribution in [0.1, 0.15) is 31.2 Å². The summed E-state index contributed by atoms with van der Waals surface area (Å²) in [6.07, 6.45) is 8.03. The molecule has 0 spiro atoms. The number of halogens is 1. The summed E-state index contributed by atoms with van der Waals surface area (Å²) in [5, 5.41) is 4.28. The third-order valence-corrected chi connectivity index (χ3v) is 3.02. The average Bonchev–Trinajstić information content (AvgIpc) is 2.35. The second kappa shape index (κ2) is 9.26. The van der Waals surface area contributed by atoms with Gasteiger partial charge in [-0.2, -0.15) is 0 Å². The molecule has 1 N–H and O–H groups in total. The Morgan fingerprint density at radius 1 is 1.06 bits per heavy atom. The van der Waals surface area contributed by atoms with Gasteiger partial charge in [0.05, 0.1) is 0 Å². The van der Waals surface area contributed by atoms with Crippen LogP contribution in [0.15, 0.2) is 36.9 Å². The maximum absolute atomic E-state index is 5.83. The van der Waals surface area contributed by atoms with E-state index in [4.69, 9.17) is 11.6 Å². The van der Waals surface area contributed by atoms with E-state index in [-0.39, 0.29) is 0 Å². The van der Waals surface area contributed by atoms with E-state index in [0.717, 1.165) is 31.0 Å². The number of rotatable bonds is 9. The molecule has 0 amide bonds. The van der Waals surface area contributed by atoms with Crippen LogP contribution in [0.5, 0.6) is 0 Å². The molecule has 0 heterocycles. The largest absolute Gasteiger partial charge is 0.316 e. The summed E-state index contributed by atoms with van der Waals surface area (Å²) < 4.78 is 0. The van der Waals surface area contributed by atoms with Crippen molar-refractivity contribution >= 4 is 11.6 Å². The highest BCUT2D eigenvalue weighted by atomic mass is 35.5. The Balaban J connectivity index is 1.97. The maximum Gasteiger partial charge on any atom is 0.0406 e. The van der Waals surface area contributed by atoms with Gasteiger partial charge in [-0.15, -0.1) is 6.58 Å². The molecule has 1 aromatic rings. The number of hydrogen-bond donors (Lipinski definition) is 1. The third-order valence-electron chi connectivity index (χ3n) is 2.77. The topological polar surface area (TPSA) is 12.0 Å². The van der Waals surface area contributed by atoms with Gasteiger partial charge in [-0.1, -0.05) is 36.2 Å². The molecule has 0 aliphatic heterocycles. The lowest BCUT2D eigenvalue weighted by atomic mass is 10.1. The first kappa shape index (κ1) is 14.3. The first-order valence-corrected chi connectivity index (χ1v) is 6.77. The number of hydrogen-bond acceptors (Lipinski definition) is 1. The standard InChI is InChI=1S/C15H22ClN/c1-2-3-4-5-6-12-17-13-11-14-7-9-15(16)10-8-14/h2,7-10,17H,1,3-6,11-13H2. The second-order valence-electron chi connectivity index (χ2n) is 4.26. The molecule has 0 saturated carbocycles. The van der Waals surface area contributed by atoms with E-state index in [2.05, 4.69) is 24.0 Å². The zero-order chi connectivity index (χ0) is 12.3. The molecule has 1 aromatic carbocycles. The molecule has 1 nitrogen and oxygen atoms in total.